The van der Waals surface area contributed by atoms with E-state index in [0.29, 0.717) is 0 Å². The van der Waals surface area contributed by atoms with Crippen LogP contribution < -0.4 is 0 Å². The van der Waals surface area contributed by atoms with Gasteiger partial charge in [-0.2, -0.15) is 13.2 Å². The fourth-order valence-electron chi connectivity index (χ4n) is 0.841. The number of alkyl halides is 3. The zero-order valence-electron chi connectivity index (χ0n) is 9.92. The Morgan fingerprint density at radius 1 is 0.900 bits per heavy atom. The average Bonchev–Trinajstić information content (AvgIpc) is 2.12. The maximum Gasteiger partial charge on any atom is 0.391 e. The lowest BCUT2D eigenvalue weighted by atomic mass is 9.96. The first kappa shape index (κ1) is 20.4. The van der Waals surface area contributed by atoms with Gasteiger partial charge in [0, 0.05) is 0 Å². The number of rotatable bonds is 6. The second-order valence-electron chi connectivity index (χ2n) is 3.57. The van der Waals surface area contributed by atoms with E-state index in [4.69, 9.17) is 25.5 Å². The second-order valence-corrected chi connectivity index (χ2v) is 3.57. The molecule has 0 unspecified atom stereocenters. The minimum Gasteiger partial charge on any atom is -0.481 e. The molecule has 0 aliphatic heterocycles. The first-order valence-corrected chi connectivity index (χ1v) is 4.91. The molecule has 8 nitrogen and oxygen atoms in total. The van der Waals surface area contributed by atoms with Crippen molar-refractivity contribution in [3.8, 4) is 0 Å². The Hall–Kier alpha value is -1.88. The van der Waals surface area contributed by atoms with E-state index in [9.17, 15) is 27.6 Å². The highest BCUT2D eigenvalue weighted by Crippen LogP contribution is 2.17. The molecule has 0 aliphatic rings. The summed E-state index contributed by atoms with van der Waals surface area (Å²) in [5.74, 6) is -5.02. The lowest BCUT2D eigenvalue weighted by Gasteiger charge is -2.18. The fraction of sp³-hybridized carbons (Fsp3) is 0.667. The number of hydrogen-bond acceptors (Lipinski definition) is 5. The molecule has 0 radical (unpaired) electrons. The number of aliphatic hydroxyl groups is 2. The lowest BCUT2D eigenvalue weighted by molar-refractivity contribution is -0.170. The van der Waals surface area contributed by atoms with Crippen molar-refractivity contribution in [2.45, 2.75) is 31.0 Å². The van der Waals surface area contributed by atoms with Gasteiger partial charge >= 0.3 is 24.1 Å². The van der Waals surface area contributed by atoms with Gasteiger partial charge in [0.2, 0.25) is 0 Å². The second kappa shape index (κ2) is 8.32. The molecule has 11 heteroatoms. The van der Waals surface area contributed by atoms with Gasteiger partial charge in [-0.1, -0.05) is 0 Å². The van der Waals surface area contributed by atoms with Crippen LogP contribution in [-0.4, -0.2) is 61.8 Å². The number of aliphatic hydroxyl groups excluding tert-OH is 1. The van der Waals surface area contributed by atoms with E-state index in [1.165, 1.54) is 0 Å². The Morgan fingerprint density at radius 2 is 1.25 bits per heavy atom. The number of halogens is 3. The Balaban J connectivity index is 0. The standard InChI is InChI=1S/C6H8O7.C3H5F3O/c7-3(8)1-6(13,5(11)12)2-4(9)10;4-3(5,6)1-2-7/h13H,1-2H2,(H,7,8)(H,9,10)(H,11,12);7H,1-2H2. The van der Waals surface area contributed by atoms with Gasteiger partial charge in [-0.05, 0) is 0 Å². The minimum absolute atomic E-state index is 0.816. The van der Waals surface area contributed by atoms with Crippen molar-refractivity contribution >= 4 is 17.9 Å². The zero-order chi connectivity index (χ0) is 16.6. The molecule has 0 saturated heterocycles. The van der Waals surface area contributed by atoms with Crippen molar-refractivity contribution in [2.75, 3.05) is 6.61 Å². The van der Waals surface area contributed by atoms with Gasteiger partial charge in [-0.3, -0.25) is 9.59 Å². The summed E-state index contributed by atoms with van der Waals surface area (Å²) in [6.45, 7) is -0.816. The molecule has 0 aromatic carbocycles. The van der Waals surface area contributed by atoms with E-state index in [1.54, 1.807) is 0 Å². The van der Waals surface area contributed by atoms with Crippen LogP contribution in [0.1, 0.15) is 19.3 Å². The van der Waals surface area contributed by atoms with Gasteiger partial charge < -0.3 is 25.5 Å². The Morgan fingerprint density at radius 3 is 1.35 bits per heavy atom. The molecule has 0 aliphatic carbocycles. The van der Waals surface area contributed by atoms with Crippen LogP contribution in [0.15, 0.2) is 0 Å². The van der Waals surface area contributed by atoms with Crippen molar-refractivity contribution in [1.29, 1.82) is 0 Å². The van der Waals surface area contributed by atoms with E-state index in [-0.39, 0.29) is 0 Å². The third-order valence-electron chi connectivity index (χ3n) is 1.68. The molecule has 20 heavy (non-hydrogen) atoms. The van der Waals surface area contributed by atoms with Gasteiger partial charge in [-0.25, -0.2) is 4.79 Å². The summed E-state index contributed by atoms with van der Waals surface area (Å²) < 4.78 is 32.7. The Kier molecular flexibility index (Phi) is 8.50. The van der Waals surface area contributed by atoms with Gasteiger partial charge in [0.05, 0.1) is 25.9 Å². The van der Waals surface area contributed by atoms with Gasteiger partial charge in [-0.15, -0.1) is 0 Å². The zero-order valence-corrected chi connectivity index (χ0v) is 9.92. The van der Waals surface area contributed by atoms with Crippen LogP contribution in [0.2, 0.25) is 0 Å². The highest BCUT2D eigenvalue weighted by Gasteiger charge is 2.40. The van der Waals surface area contributed by atoms with Crippen LogP contribution >= 0.6 is 0 Å². The molecule has 0 spiro atoms. The number of carboxylic acid groups (broad SMARTS) is 3. The predicted molar refractivity (Wildman–Crippen MR) is 54.8 cm³/mol. The highest BCUT2D eigenvalue weighted by atomic mass is 19.4. The predicted octanol–water partition coefficient (Wildman–Crippen LogP) is -0.317. The van der Waals surface area contributed by atoms with Gasteiger partial charge in [0.1, 0.15) is 0 Å². The molecule has 5 N–H and O–H groups in total. The molecule has 0 fully saturated rings. The number of aliphatic carboxylic acids is 3. The number of carbonyl (C=O) groups is 3. The molecule has 0 amide bonds. The molecule has 0 aromatic rings. The molecular weight excluding hydrogens is 293 g/mol. The SMILES string of the molecule is O=C(O)CC(O)(CC(=O)O)C(=O)O.OCCC(F)(F)F. The van der Waals surface area contributed by atoms with Crippen molar-refractivity contribution < 1.29 is 53.1 Å². The average molecular weight is 306 g/mol. The number of carboxylic acids is 3. The molecular formula is C9H13F3O8. The molecule has 0 atom stereocenters. The van der Waals surface area contributed by atoms with E-state index in [2.05, 4.69) is 0 Å². The molecule has 0 bridgehead atoms. The third kappa shape index (κ3) is 11.2. The smallest absolute Gasteiger partial charge is 0.391 e. The molecule has 0 aromatic heterocycles. The van der Waals surface area contributed by atoms with Gasteiger partial charge in [0.15, 0.2) is 5.60 Å². The summed E-state index contributed by atoms with van der Waals surface area (Å²) in [5, 5.41) is 41.5. The lowest BCUT2D eigenvalue weighted by Crippen LogP contribution is -2.42. The van der Waals surface area contributed by atoms with Crippen LogP contribution in [0.5, 0.6) is 0 Å². The summed E-state index contributed by atoms with van der Waals surface area (Å²) in [5.41, 5.74) is -2.74. The van der Waals surface area contributed by atoms with Crippen molar-refractivity contribution in [1.82, 2.24) is 0 Å². The highest BCUT2D eigenvalue weighted by molar-refractivity contribution is 5.88. The Bertz CT molecular complexity index is 336. The van der Waals surface area contributed by atoms with E-state index in [0.717, 1.165) is 0 Å². The van der Waals surface area contributed by atoms with Crippen molar-refractivity contribution in [3.05, 3.63) is 0 Å². The molecule has 0 heterocycles. The normalized spacial score (nSPS) is 11.2. The van der Waals surface area contributed by atoms with Crippen LogP contribution in [0.4, 0.5) is 13.2 Å². The summed E-state index contributed by atoms with van der Waals surface area (Å²) >= 11 is 0. The molecule has 0 saturated carbocycles. The quantitative estimate of drug-likeness (QED) is 0.447. The van der Waals surface area contributed by atoms with Crippen molar-refractivity contribution in [3.63, 3.8) is 0 Å². The summed E-state index contributed by atoms with van der Waals surface area (Å²) in [4.78, 5) is 30.5. The largest absolute Gasteiger partial charge is 0.481 e. The van der Waals surface area contributed by atoms with Crippen molar-refractivity contribution in [2.24, 2.45) is 0 Å². The van der Waals surface area contributed by atoms with Crippen LogP contribution in [0.25, 0.3) is 0 Å². The van der Waals surface area contributed by atoms with Crippen LogP contribution in [0.3, 0.4) is 0 Å². The van der Waals surface area contributed by atoms with E-state index in [1.807, 2.05) is 0 Å². The van der Waals surface area contributed by atoms with Gasteiger partial charge in [0.25, 0.3) is 0 Å². The first-order chi connectivity index (χ1) is 8.84. The van der Waals surface area contributed by atoms with Crippen LogP contribution in [-0.2, 0) is 14.4 Å². The Labute approximate surface area is 110 Å². The minimum atomic E-state index is -4.20. The maximum absolute atomic E-state index is 10.9. The monoisotopic (exact) mass is 306 g/mol. The fourth-order valence-corrected chi connectivity index (χ4v) is 0.841. The van der Waals surface area contributed by atoms with Crippen LogP contribution in [0, 0.1) is 0 Å². The third-order valence-corrected chi connectivity index (χ3v) is 1.68. The molecule has 118 valence electrons. The molecule has 0 rings (SSSR count). The summed E-state index contributed by atoms with van der Waals surface area (Å²) in [6, 6.07) is 0. The van der Waals surface area contributed by atoms with E-state index >= 15 is 0 Å². The summed E-state index contributed by atoms with van der Waals surface area (Å²) in [6.07, 6.45) is -7.59. The maximum atomic E-state index is 10.9. The number of hydrogen-bond donors (Lipinski definition) is 5. The first-order valence-electron chi connectivity index (χ1n) is 4.91. The summed E-state index contributed by atoms with van der Waals surface area (Å²) in [7, 11) is 0. The topological polar surface area (TPSA) is 152 Å². The van der Waals surface area contributed by atoms with E-state index < -0.39 is 55.6 Å².